The van der Waals surface area contributed by atoms with Crippen LogP contribution in [0.3, 0.4) is 0 Å². The van der Waals surface area contributed by atoms with Gasteiger partial charge in [-0.25, -0.2) is 0 Å². The molecule has 0 unspecified atom stereocenters. The lowest BCUT2D eigenvalue weighted by molar-refractivity contribution is -0.141. The van der Waals surface area contributed by atoms with Crippen LogP contribution in [0.2, 0.25) is 0 Å². The third-order valence-electron chi connectivity index (χ3n) is 2.25. The summed E-state index contributed by atoms with van der Waals surface area (Å²) in [5.74, 6) is -0.661. The minimum Gasteiger partial charge on any atom is -0.497 e. The first-order valence-electron chi connectivity index (χ1n) is 4.73. The van der Waals surface area contributed by atoms with Crippen molar-refractivity contribution in [3.05, 3.63) is 29.8 Å². The molecule has 0 fully saturated rings. The molecule has 4 nitrogen and oxygen atoms in total. The summed E-state index contributed by atoms with van der Waals surface area (Å²) in [6.45, 7) is 0.145. The van der Waals surface area contributed by atoms with Crippen molar-refractivity contribution >= 4 is 18.4 Å². The first-order chi connectivity index (χ1) is 7.17. The zero-order valence-electron chi connectivity index (χ0n) is 9.05. The Balaban J connectivity index is 0.00000225. The molecule has 1 aromatic rings. The summed E-state index contributed by atoms with van der Waals surface area (Å²) in [4.78, 5) is 10.8. The van der Waals surface area contributed by atoms with Gasteiger partial charge in [-0.3, -0.25) is 4.79 Å². The van der Waals surface area contributed by atoms with Crippen molar-refractivity contribution < 1.29 is 14.6 Å². The van der Waals surface area contributed by atoms with Crippen LogP contribution in [0.1, 0.15) is 5.56 Å². The molecule has 0 saturated carbocycles. The highest BCUT2D eigenvalue weighted by Crippen LogP contribution is 2.15. The number of halogens is 1. The number of carboxylic acids is 1. The summed E-state index contributed by atoms with van der Waals surface area (Å²) in [5.41, 5.74) is 6.30. The Morgan fingerprint density at radius 1 is 1.56 bits per heavy atom. The molecule has 1 rings (SSSR count). The van der Waals surface area contributed by atoms with E-state index in [0.717, 1.165) is 11.3 Å². The molecule has 0 spiro atoms. The number of aliphatic carboxylic acids is 1. The molecule has 5 heteroatoms. The van der Waals surface area contributed by atoms with Crippen LogP contribution in [0.4, 0.5) is 0 Å². The van der Waals surface area contributed by atoms with Crippen molar-refractivity contribution in [1.82, 2.24) is 0 Å². The normalized spacial score (nSPS) is 11.4. The topological polar surface area (TPSA) is 72.5 Å². The first-order valence-corrected chi connectivity index (χ1v) is 4.73. The maximum atomic E-state index is 10.8. The summed E-state index contributed by atoms with van der Waals surface area (Å²) < 4.78 is 5.05. The summed E-state index contributed by atoms with van der Waals surface area (Å²) in [6, 6.07) is 7.35. The molecule has 3 N–H and O–H groups in total. The molecule has 0 radical (unpaired) electrons. The van der Waals surface area contributed by atoms with Gasteiger partial charge in [0.2, 0.25) is 0 Å². The van der Waals surface area contributed by atoms with E-state index >= 15 is 0 Å². The van der Waals surface area contributed by atoms with Gasteiger partial charge >= 0.3 is 5.97 Å². The molecule has 0 bridgehead atoms. The highest BCUT2D eigenvalue weighted by atomic mass is 35.5. The van der Waals surface area contributed by atoms with Crippen LogP contribution in [0.25, 0.3) is 0 Å². The van der Waals surface area contributed by atoms with E-state index in [0.29, 0.717) is 6.42 Å². The summed E-state index contributed by atoms with van der Waals surface area (Å²) >= 11 is 0. The van der Waals surface area contributed by atoms with Gasteiger partial charge in [0.05, 0.1) is 13.0 Å². The molecular weight excluding hydrogens is 230 g/mol. The summed E-state index contributed by atoms with van der Waals surface area (Å²) in [5, 5.41) is 8.85. The standard InChI is InChI=1S/C11H15NO3.ClH/c1-15-10-4-2-3-8(6-10)5-9(7-12)11(13)14;/h2-4,6,9H,5,7,12H2,1H3,(H,13,14);1H/t9-;/m0./s1. The number of benzene rings is 1. The van der Waals surface area contributed by atoms with Crippen LogP contribution in [0, 0.1) is 5.92 Å². The minimum atomic E-state index is -0.861. The lowest BCUT2D eigenvalue weighted by atomic mass is 9.99. The predicted molar refractivity (Wildman–Crippen MR) is 64.1 cm³/mol. The van der Waals surface area contributed by atoms with Crippen molar-refractivity contribution in [2.24, 2.45) is 11.7 Å². The largest absolute Gasteiger partial charge is 0.497 e. The van der Waals surface area contributed by atoms with Gasteiger partial charge in [0.1, 0.15) is 5.75 Å². The molecule has 0 heterocycles. The third-order valence-corrected chi connectivity index (χ3v) is 2.25. The SMILES string of the molecule is COc1cccc(C[C@@H](CN)C(=O)O)c1.Cl. The quantitative estimate of drug-likeness (QED) is 0.821. The second-order valence-electron chi connectivity index (χ2n) is 3.33. The number of ether oxygens (including phenoxy) is 1. The number of hydrogen-bond donors (Lipinski definition) is 2. The Hall–Kier alpha value is -1.26. The minimum absolute atomic E-state index is 0. The van der Waals surface area contributed by atoms with E-state index in [1.165, 1.54) is 0 Å². The van der Waals surface area contributed by atoms with Crippen LogP contribution in [0.15, 0.2) is 24.3 Å². The fraction of sp³-hybridized carbons (Fsp3) is 0.364. The zero-order chi connectivity index (χ0) is 11.3. The van der Waals surface area contributed by atoms with Gasteiger partial charge in [-0.15, -0.1) is 12.4 Å². The highest BCUT2D eigenvalue weighted by molar-refractivity contribution is 5.85. The smallest absolute Gasteiger partial charge is 0.308 e. The van der Waals surface area contributed by atoms with Gasteiger partial charge in [0.15, 0.2) is 0 Å². The van der Waals surface area contributed by atoms with Crippen LogP contribution >= 0.6 is 12.4 Å². The molecule has 1 atom stereocenters. The number of nitrogens with two attached hydrogens (primary N) is 1. The Labute approximate surface area is 101 Å². The Bertz CT molecular complexity index is 344. The number of methoxy groups -OCH3 is 1. The Morgan fingerprint density at radius 3 is 2.75 bits per heavy atom. The van der Waals surface area contributed by atoms with E-state index in [2.05, 4.69) is 0 Å². The molecule has 0 aliphatic rings. The average molecular weight is 246 g/mol. The molecule has 90 valence electrons. The van der Waals surface area contributed by atoms with E-state index in [-0.39, 0.29) is 19.0 Å². The lowest BCUT2D eigenvalue weighted by Gasteiger charge is -2.10. The molecule has 0 amide bonds. The van der Waals surface area contributed by atoms with Crippen molar-refractivity contribution in [1.29, 1.82) is 0 Å². The fourth-order valence-electron chi connectivity index (χ4n) is 1.36. The van der Waals surface area contributed by atoms with Gasteiger partial charge in [-0.1, -0.05) is 12.1 Å². The van der Waals surface area contributed by atoms with Crippen LogP contribution in [-0.4, -0.2) is 24.7 Å². The highest BCUT2D eigenvalue weighted by Gasteiger charge is 2.15. The van der Waals surface area contributed by atoms with Crippen molar-refractivity contribution in [2.45, 2.75) is 6.42 Å². The number of rotatable bonds is 5. The van der Waals surface area contributed by atoms with E-state index in [9.17, 15) is 4.79 Å². The zero-order valence-corrected chi connectivity index (χ0v) is 9.87. The van der Waals surface area contributed by atoms with Crippen molar-refractivity contribution in [3.8, 4) is 5.75 Å². The number of carboxylic acid groups (broad SMARTS) is 1. The van der Waals surface area contributed by atoms with Crippen molar-refractivity contribution in [3.63, 3.8) is 0 Å². The van der Waals surface area contributed by atoms with Crippen LogP contribution < -0.4 is 10.5 Å². The molecule has 16 heavy (non-hydrogen) atoms. The Morgan fingerprint density at radius 2 is 2.25 bits per heavy atom. The maximum Gasteiger partial charge on any atom is 0.308 e. The van der Waals surface area contributed by atoms with Crippen LogP contribution in [0.5, 0.6) is 5.75 Å². The maximum absolute atomic E-state index is 10.8. The van der Waals surface area contributed by atoms with Crippen molar-refractivity contribution in [2.75, 3.05) is 13.7 Å². The Kier molecular flexibility index (Phi) is 6.53. The molecule has 0 aromatic heterocycles. The van der Waals surface area contributed by atoms with Gasteiger partial charge in [-0.05, 0) is 24.1 Å². The molecule has 0 saturated heterocycles. The summed E-state index contributed by atoms with van der Waals surface area (Å²) in [7, 11) is 1.58. The number of hydrogen-bond acceptors (Lipinski definition) is 3. The average Bonchev–Trinajstić information content (AvgIpc) is 2.25. The van der Waals surface area contributed by atoms with Gasteiger partial charge < -0.3 is 15.6 Å². The second-order valence-corrected chi connectivity index (χ2v) is 3.33. The summed E-state index contributed by atoms with van der Waals surface area (Å²) in [6.07, 6.45) is 0.434. The van der Waals surface area contributed by atoms with E-state index in [4.69, 9.17) is 15.6 Å². The molecular formula is C11H16ClNO3. The molecule has 0 aliphatic carbocycles. The lowest BCUT2D eigenvalue weighted by Crippen LogP contribution is -2.25. The predicted octanol–water partition coefficient (Wildman–Crippen LogP) is 1.32. The third kappa shape index (κ3) is 4.08. The van der Waals surface area contributed by atoms with Gasteiger partial charge in [-0.2, -0.15) is 0 Å². The van der Waals surface area contributed by atoms with E-state index in [1.807, 2.05) is 24.3 Å². The molecule has 0 aliphatic heterocycles. The van der Waals surface area contributed by atoms with Gasteiger partial charge in [0, 0.05) is 6.54 Å². The number of carbonyl (C=O) groups is 1. The first kappa shape index (κ1) is 14.7. The van der Waals surface area contributed by atoms with Gasteiger partial charge in [0.25, 0.3) is 0 Å². The fourth-order valence-corrected chi connectivity index (χ4v) is 1.36. The second kappa shape index (κ2) is 7.09. The van der Waals surface area contributed by atoms with E-state index in [1.54, 1.807) is 7.11 Å². The van der Waals surface area contributed by atoms with E-state index < -0.39 is 11.9 Å². The molecule has 1 aromatic carbocycles. The monoisotopic (exact) mass is 245 g/mol. The van der Waals surface area contributed by atoms with Crippen LogP contribution in [-0.2, 0) is 11.2 Å².